The molecule has 5 heteroatoms. The topological polar surface area (TPSA) is 64.4 Å². The molecule has 0 aliphatic carbocycles. The Morgan fingerprint density at radius 3 is 2.75 bits per heavy atom. The standard InChI is InChI=1S/C11H12N2O2S/c12-11-13(9-4-2-1-3-5-9)6-8(7-16-11)10(14)15/h1-5,8,12H,6-7H2,(H,14,15). The molecular formula is C11H12N2O2S. The molecule has 2 N–H and O–H groups in total. The van der Waals surface area contributed by atoms with E-state index in [4.69, 9.17) is 10.5 Å². The third kappa shape index (κ3) is 2.19. The highest BCUT2D eigenvalue weighted by Crippen LogP contribution is 2.26. The molecule has 0 saturated carbocycles. The maximum atomic E-state index is 10.9. The van der Waals surface area contributed by atoms with E-state index in [9.17, 15) is 4.79 Å². The monoisotopic (exact) mass is 236 g/mol. The number of carbonyl (C=O) groups is 1. The van der Waals surface area contributed by atoms with Crippen LogP contribution in [0.2, 0.25) is 0 Å². The fourth-order valence-corrected chi connectivity index (χ4v) is 2.54. The van der Waals surface area contributed by atoms with Crippen molar-refractivity contribution in [3.63, 3.8) is 0 Å². The van der Waals surface area contributed by atoms with E-state index in [1.54, 1.807) is 4.90 Å². The molecule has 1 unspecified atom stereocenters. The first-order chi connectivity index (χ1) is 7.68. The van der Waals surface area contributed by atoms with E-state index < -0.39 is 11.9 Å². The zero-order valence-corrected chi connectivity index (χ0v) is 9.41. The van der Waals surface area contributed by atoms with Crippen molar-refractivity contribution in [3.05, 3.63) is 30.3 Å². The number of anilines is 1. The number of nitrogens with one attached hydrogen (secondary N) is 1. The number of benzene rings is 1. The van der Waals surface area contributed by atoms with Crippen LogP contribution in [0.15, 0.2) is 30.3 Å². The first-order valence-corrected chi connectivity index (χ1v) is 5.94. The Hall–Kier alpha value is -1.49. The van der Waals surface area contributed by atoms with Crippen LogP contribution in [-0.2, 0) is 4.79 Å². The number of aliphatic carboxylic acids is 1. The van der Waals surface area contributed by atoms with Gasteiger partial charge in [-0.3, -0.25) is 10.2 Å². The Morgan fingerprint density at radius 2 is 2.12 bits per heavy atom. The van der Waals surface area contributed by atoms with Crippen molar-refractivity contribution >= 4 is 28.6 Å². The lowest BCUT2D eigenvalue weighted by molar-refractivity contribution is -0.140. The molecule has 0 aromatic heterocycles. The summed E-state index contributed by atoms with van der Waals surface area (Å²) in [6, 6.07) is 9.45. The molecule has 0 radical (unpaired) electrons. The van der Waals surface area contributed by atoms with Gasteiger partial charge in [0, 0.05) is 18.0 Å². The van der Waals surface area contributed by atoms with Crippen molar-refractivity contribution in [3.8, 4) is 0 Å². The van der Waals surface area contributed by atoms with Crippen molar-refractivity contribution in [1.82, 2.24) is 0 Å². The molecule has 0 bridgehead atoms. The molecule has 1 fully saturated rings. The van der Waals surface area contributed by atoms with Gasteiger partial charge in [-0.15, -0.1) is 0 Å². The van der Waals surface area contributed by atoms with Gasteiger partial charge in [0.2, 0.25) is 0 Å². The minimum absolute atomic E-state index is 0.380. The zero-order valence-electron chi connectivity index (χ0n) is 8.59. The van der Waals surface area contributed by atoms with E-state index in [2.05, 4.69) is 0 Å². The molecule has 84 valence electrons. The summed E-state index contributed by atoms with van der Waals surface area (Å²) in [4.78, 5) is 12.7. The Labute approximate surface area is 97.8 Å². The van der Waals surface area contributed by atoms with Crippen LogP contribution in [0.1, 0.15) is 0 Å². The minimum atomic E-state index is -0.791. The molecule has 4 nitrogen and oxygen atoms in total. The molecule has 1 atom stereocenters. The quantitative estimate of drug-likeness (QED) is 0.822. The molecule has 1 aromatic carbocycles. The Morgan fingerprint density at radius 1 is 1.44 bits per heavy atom. The second-order valence-corrected chi connectivity index (χ2v) is 4.61. The lowest BCUT2D eigenvalue weighted by Gasteiger charge is -2.32. The third-order valence-corrected chi connectivity index (χ3v) is 3.55. The largest absolute Gasteiger partial charge is 0.481 e. The van der Waals surface area contributed by atoms with Crippen molar-refractivity contribution < 1.29 is 9.90 Å². The maximum absolute atomic E-state index is 10.9. The van der Waals surface area contributed by atoms with Crippen molar-refractivity contribution in [2.24, 2.45) is 5.92 Å². The van der Waals surface area contributed by atoms with Gasteiger partial charge < -0.3 is 10.0 Å². The van der Waals surface area contributed by atoms with E-state index in [1.165, 1.54) is 11.8 Å². The predicted octanol–water partition coefficient (Wildman–Crippen LogP) is 1.88. The van der Waals surface area contributed by atoms with Crippen LogP contribution < -0.4 is 4.90 Å². The number of nitrogens with zero attached hydrogens (tertiary/aromatic N) is 1. The first-order valence-electron chi connectivity index (χ1n) is 4.95. The van der Waals surface area contributed by atoms with Crippen LogP contribution in [0.5, 0.6) is 0 Å². The second kappa shape index (κ2) is 4.57. The van der Waals surface area contributed by atoms with Crippen LogP contribution in [0.3, 0.4) is 0 Å². The number of hydrogen-bond acceptors (Lipinski definition) is 3. The lowest BCUT2D eigenvalue weighted by atomic mass is 10.1. The summed E-state index contributed by atoms with van der Waals surface area (Å²) in [5.74, 6) is -0.711. The SMILES string of the molecule is N=C1SCC(C(=O)O)CN1c1ccccc1. The number of carboxylic acid groups (broad SMARTS) is 1. The number of hydrogen-bond donors (Lipinski definition) is 2. The van der Waals surface area contributed by atoms with Gasteiger partial charge >= 0.3 is 5.97 Å². The van der Waals surface area contributed by atoms with Gasteiger partial charge in [0.1, 0.15) is 0 Å². The summed E-state index contributed by atoms with van der Waals surface area (Å²) in [6.45, 7) is 0.380. The lowest BCUT2D eigenvalue weighted by Crippen LogP contribution is -2.41. The smallest absolute Gasteiger partial charge is 0.309 e. The summed E-state index contributed by atoms with van der Waals surface area (Å²) in [7, 11) is 0. The number of amidine groups is 1. The van der Waals surface area contributed by atoms with E-state index in [0.717, 1.165) is 5.69 Å². The third-order valence-electron chi connectivity index (χ3n) is 2.49. The molecule has 0 spiro atoms. The minimum Gasteiger partial charge on any atom is -0.481 e. The summed E-state index contributed by atoms with van der Waals surface area (Å²) >= 11 is 1.29. The normalized spacial score (nSPS) is 20.9. The maximum Gasteiger partial charge on any atom is 0.309 e. The zero-order chi connectivity index (χ0) is 11.5. The van der Waals surface area contributed by atoms with Crippen LogP contribution >= 0.6 is 11.8 Å². The molecule has 1 aliphatic rings. The predicted molar refractivity (Wildman–Crippen MR) is 65.1 cm³/mol. The Kier molecular flexibility index (Phi) is 3.14. The van der Waals surface area contributed by atoms with Gasteiger partial charge in [-0.25, -0.2) is 0 Å². The van der Waals surface area contributed by atoms with Gasteiger partial charge in [0.05, 0.1) is 5.92 Å². The number of rotatable bonds is 2. The highest BCUT2D eigenvalue weighted by atomic mass is 32.2. The van der Waals surface area contributed by atoms with Crippen LogP contribution in [0.25, 0.3) is 0 Å². The number of carboxylic acids is 1. The van der Waals surface area contributed by atoms with Gasteiger partial charge in [-0.1, -0.05) is 30.0 Å². The fraction of sp³-hybridized carbons (Fsp3) is 0.273. The van der Waals surface area contributed by atoms with Gasteiger partial charge in [-0.05, 0) is 12.1 Å². The molecule has 2 rings (SSSR count). The average molecular weight is 236 g/mol. The van der Waals surface area contributed by atoms with E-state index >= 15 is 0 Å². The molecule has 1 heterocycles. The summed E-state index contributed by atoms with van der Waals surface area (Å²) < 4.78 is 0. The van der Waals surface area contributed by atoms with Gasteiger partial charge in [0.15, 0.2) is 5.17 Å². The summed E-state index contributed by atoms with van der Waals surface area (Å²) in [6.07, 6.45) is 0. The molecule has 0 amide bonds. The van der Waals surface area contributed by atoms with Crippen molar-refractivity contribution in [2.45, 2.75) is 0 Å². The Balaban J connectivity index is 2.19. The van der Waals surface area contributed by atoms with Gasteiger partial charge in [-0.2, -0.15) is 0 Å². The Bertz CT molecular complexity index is 408. The molecule has 1 saturated heterocycles. The molecule has 1 aliphatic heterocycles. The van der Waals surface area contributed by atoms with Crippen LogP contribution in [0.4, 0.5) is 5.69 Å². The summed E-state index contributed by atoms with van der Waals surface area (Å²) in [5.41, 5.74) is 0.881. The average Bonchev–Trinajstić information content (AvgIpc) is 2.30. The number of thioether (sulfide) groups is 1. The first kappa shape index (κ1) is 11.0. The highest BCUT2D eigenvalue weighted by molar-refractivity contribution is 8.14. The van der Waals surface area contributed by atoms with Crippen LogP contribution in [-0.4, -0.2) is 28.5 Å². The van der Waals surface area contributed by atoms with E-state index in [-0.39, 0.29) is 0 Å². The molecular weight excluding hydrogens is 224 g/mol. The van der Waals surface area contributed by atoms with Crippen LogP contribution in [0, 0.1) is 11.3 Å². The van der Waals surface area contributed by atoms with Gasteiger partial charge in [0.25, 0.3) is 0 Å². The highest BCUT2D eigenvalue weighted by Gasteiger charge is 2.29. The second-order valence-electron chi connectivity index (χ2n) is 3.60. The fourth-order valence-electron chi connectivity index (χ4n) is 1.59. The molecule has 16 heavy (non-hydrogen) atoms. The van der Waals surface area contributed by atoms with Crippen molar-refractivity contribution in [1.29, 1.82) is 5.41 Å². The molecule has 1 aromatic rings. The summed E-state index contributed by atoms with van der Waals surface area (Å²) in [5, 5.41) is 17.2. The number of para-hydroxylation sites is 1. The van der Waals surface area contributed by atoms with E-state index in [0.29, 0.717) is 17.5 Å². The van der Waals surface area contributed by atoms with Crippen molar-refractivity contribution in [2.75, 3.05) is 17.2 Å². The van der Waals surface area contributed by atoms with E-state index in [1.807, 2.05) is 30.3 Å².